The summed E-state index contributed by atoms with van der Waals surface area (Å²) >= 11 is 6.22. The van der Waals surface area contributed by atoms with Crippen molar-refractivity contribution >= 4 is 23.3 Å². The molecule has 0 atom stereocenters. The number of ether oxygens (including phenoxy) is 1. The minimum atomic E-state index is -0.236. The minimum absolute atomic E-state index is 0.236. The quantitative estimate of drug-likeness (QED) is 0.701. The third-order valence-electron chi connectivity index (χ3n) is 3.85. The van der Waals surface area contributed by atoms with Crippen molar-refractivity contribution in [3.8, 4) is 0 Å². The van der Waals surface area contributed by atoms with Crippen molar-refractivity contribution < 1.29 is 9.53 Å². The second-order valence-corrected chi connectivity index (χ2v) is 6.13. The molecule has 0 bridgehead atoms. The van der Waals surface area contributed by atoms with Gasteiger partial charge in [-0.2, -0.15) is 5.10 Å². The van der Waals surface area contributed by atoms with Crippen LogP contribution >= 0.6 is 11.6 Å². The Morgan fingerprint density at radius 1 is 1.32 bits per heavy atom. The van der Waals surface area contributed by atoms with Gasteiger partial charge in [0.05, 0.1) is 23.6 Å². The molecule has 0 saturated heterocycles. The summed E-state index contributed by atoms with van der Waals surface area (Å²) in [6, 6.07) is 7.44. The number of carbonyl (C=O) groups is 1. The highest BCUT2D eigenvalue weighted by Crippen LogP contribution is 2.22. The molecule has 25 heavy (non-hydrogen) atoms. The molecule has 0 fully saturated rings. The van der Waals surface area contributed by atoms with Crippen LogP contribution in [-0.2, 0) is 11.3 Å². The predicted molar refractivity (Wildman–Crippen MR) is 100 cm³/mol. The zero-order valence-electron chi connectivity index (χ0n) is 14.9. The fourth-order valence-corrected chi connectivity index (χ4v) is 2.69. The van der Waals surface area contributed by atoms with Gasteiger partial charge in [0.15, 0.2) is 0 Å². The van der Waals surface area contributed by atoms with Crippen molar-refractivity contribution in [1.29, 1.82) is 0 Å². The first-order valence-corrected chi connectivity index (χ1v) is 8.80. The molecule has 1 aromatic carbocycles. The molecule has 0 aliphatic carbocycles. The van der Waals surface area contributed by atoms with Crippen LogP contribution < -0.4 is 10.6 Å². The number of nitrogens with zero attached hydrogens (tertiary/aromatic N) is 2. The number of amides is 2. The molecule has 0 unspecified atom stereocenters. The van der Waals surface area contributed by atoms with Gasteiger partial charge in [-0.05, 0) is 38.8 Å². The first-order valence-electron chi connectivity index (χ1n) is 8.43. The van der Waals surface area contributed by atoms with E-state index < -0.39 is 0 Å². The number of aryl methyl sites for hydroxylation is 1. The van der Waals surface area contributed by atoms with Crippen molar-refractivity contribution in [3.63, 3.8) is 0 Å². The van der Waals surface area contributed by atoms with Gasteiger partial charge >= 0.3 is 6.03 Å². The summed E-state index contributed by atoms with van der Waals surface area (Å²) in [4.78, 5) is 12.1. The van der Waals surface area contributed by atoms with Crippen LogP contribution in [0.3, 0.4) is 0 Å². The van der Waals surface area contributed by atoms with E-state index in [-0.39, 0.29) is 6.03 Å². The van der Waals surface area contributed by atoms with Crippen LogP contribution in [0.4, 0.5) is 10.5 Å². The third-order valence-corrected chi connectivity index (χ3v) is 4.22. The van der Waals surface area contributed by atoms with Gasteiger partial charge in [-0.1, -0.05) is 29.8 Å². The number of halogens is 1. The first kappa shape index (κ1) is 19.3. The summed E-state index contributed by atoms with van der Waals surface area (Å²) < 4.78 is 7.09. The lowest BCUT2D eigenvalue weighted by atomic mass is 10.2. The Morgan fingerprint density at radius 2 is 2.08 bits per heavy atom. The van der Waals surface area contributed by atoms with Gasteiger partial charge < -0.3 is 15.4 Å². The summed E-state index contributed by atoms with van der Waals surface area (Å²) in [6.07, 6.45) is 0.783. The van der Waals surface area contributed by atoms with E-state index in [1.54, 1.807) is 0 Å². The maximum atomic E-state index is 12.1. The Balaban J connectivity index is 1.97. The summed E-state index contributed by atoms with van der Waals surface area (Å²) in [5, 5.41) is 10.9. The molecular weight excluding hydrogens is 340 g/mol. The van der Waals surface area contributed by atoms with Crippen LogP contribution in [-0.4, -0.2) is 35.6 Å². The molecule has 7 heteroatoms. The Hall–Kier alpha value is -2.05. The molecule has 0 aliphatic rings. The van der Waals surface area contributed by atoms with E-state index in [9.17, 15) is 4.79 Å². The van der Waals surface area contributed by atoms with Gasteiger partial charge in [0.1, 0.15) is 0 Å². The van der Waals surface area contributed by atoms with Crippen molar-refractivity contribution in [3.05, 3.63) is 46.2 Å². The summed E-state index contributed by atoms with van der Waals surface area (Å²) in [5.74, 6) is 0. The average molecular weight is 365 g/mol. The fourth-order valence-electron chi connectivity index (χ4n) is 2.50. The summed E-state index contributed by atoms with van der Waals surface area (Å²) in [6.45, 7) is 8.22. The van der Waals surface area contributed by atoms with Crippen LogP contribution in [0, 0.1) is 13.8 Å². The maximum Gasteiger partial charge on any atom is 0.319 e. The number of urea groups is 1. The molecule has 2 amide bonds. The lowest BCUT2D eigenvalue weighted by Gasteiger charge is -2.09. The largest absolute Gasteiger partial charge is 0.382 e. The van der Waals surface area contributed by atoms with E-state index in [4.69, 9.17) is 16.3 Å². The highest BCUT2D eigenvalue weighted by atomic mass is 35.5. The zero-order chi connectivity index (χ0) is 18.2. The number of aromatic nitrogens is 2. The average Bonchev–Trinajstić information content (AvgIpc) is 2.84. The van der Waals surface area contributed by atoms with Crippen LogP contribution in [0.5, 0.6) is 0 Å². The van der Waals surface area contributed by atoms with Gasteiger partial charge in [0, 0.05) is 24.8 Å². The fraction of sp³-hybridized carbons (Fsp3) is 0.444. The Morgan fingerprint density at radius 3 is 2.80 bits per heavy atom. The van der Waals surface area contributed by atoms with Crippen molar-refractivity contribution in [2.24, 2.45) is 0 Å². The maximum absolute atomic E-state index is 12.1. The standard InChI is InChI=1S/C18H25ClN4O2/c1-4-25-11-7-10-20-18(24)21-17-13(2)22-23(14(17)3)12-15-8-5-6-9-16(15)19/h5-6,8-9H,4,7,10-12H2,1-3H3,(H2,20,21,24). The Kier molecular flexibility index (Phi) is 7.28. The van der Waals surface area contributed by atoms with Gasteiger partial charge in [-0.3, -0.25) is 4.68 Å². The number of anilines is 1. The topological polar surface area (TPSA) is 68.2 Å². The Bertz CT molecular complexity index is 715. The number of rotatable bonds is 8. The molecule has 2 rings (SSSR count). The normalized spacial score (nSPS) is 10.7. The van der Waals surface area contributed by atoms with E-state index >= 15 is 0 Å². The number of nitrogens with one attached hydrogen (secondary N) is 2. The smallest absolute Gasteiger partial charge is 0.319 e. The Labute approximate surface area is 153 Å². The van der Waals surface area contributed by atoms with Crippen molar-refractivity contribution in [2.45, 2.75) is 33.7 Å². The van der Waals surface area contributed by atoms with Crippen LogP contribution in [0.1, 0.15) is 30.3 Å². The highest BCUT2D eigenvalue weighted by Gasteiger charge is 2.14. The first-order chi connectivity index (χ1) is 12.0. The molecule has 0 spiro atoms. The number of benzene rings is 1. The molecule has 1 heterocycles. The molecule has 0 radical (unpaired) electrons. The number of carbonyl (C=O) groups excluding carboxylic acids is 1. The van der Waals surface area contributed by atoms with Gasteiger partial charge in [0.2, 0.25) is 0 Å². The minimum Gasteiger partial charge on any atom is -0.382 e. The molecule has 1 aromatic heterocycles. The second kappa shape index (κ2) is 9.44. The van der Waals surface area contributed by atoms with Crippen molar-refractivity contribution in [2.75, 3.05) is 25.1 Å². The van der Waals surface area contributed by atoms with Crippen LogP contribution in [0.25, 0.3) is 0 Å². The van der Waals surface area contributed by atoms with E-state index in [0.717, 1.165) is 29.1 Å². The van der Waals surface area contributed by atoms with E-state index in [1.807, 2.05) is 49.7 Å². The number of hydrogen-bond donors (Lipinski definition) is 2. The van der Waals surface area contributed by atoms with Crippen LogP contribution in [0.2, 0.25) is 5.02 Å². The van der Waals surface area contributed by atoms with E-state index in [0.29, 0.717) is 31.3 Å². The van der Waals surface area contributed by atoms with Crippen molar-refractivity contribution in [1.82, 2.24) is 15.1 Å². The third kappa shape index (κ3) is 5.47. The van der Waals surface area contributed by atoms with Crippen LogP contribution in [0.15, 0.2) is 24.3 Å². The zero-order valence-corrected chi connectivity index (χ0v) is 15.7. The molecule has 0 aliphatic heterocycles. The molecule has 2 N–H and O–H groups in total. The van der Waals surface area contributed by atoms with Gasteiger partial charge in [-0.15, -0.1) is 0 Å². The molecular formula is C18H25ClN4O2. The van der Waals surface area contributed by atoms with E-state index in [1.165, 1.54) is 0 Å². The summed E-state index contributed by atoms with van der Waals surface area (Å²) in [5.41, 5.74) is 3.38. The molecule has 136 valence electrons. The monoisotopic (exact) mass is 364 g/mol. The molecule has 2 aromatic rings. The van der Waals surface area contributed by atoms with E-state index in [2.05, 4.69) is 15.7 Å². The lowest BCUT2D eigenvalue weighted by molar-refractivity contribution is 0.145. The summed E-state index contributed by atoms with van der Waals surface area (Å²) in [7, 11) is 0. The SMILES string of the molecule is CCOCCCNC(=O)Nc1c(C)nn(Cc2ccccc2Cl)c1C. The molecule has 0 saturated carbocycles. The number of hydrogen-bond acceptors (Lipinski definition) is 3. The second-order valence-electron chi connectivity index (χ2n) is 5.73. The van der Waals surface area contributed by atoms with Gasteiger partial charge in [-0.25, -0.2) is 4.79 Å². The predicted octanol–water partition coefficient (Wildman–Crippen LogP) is 3.75. The molecule has 6 nitrogen and oxygen atoms in total. The lowest BCUT2D eigenvalue weighted by Crippen LogP contribution is -2.30. The van der Waals surface area contributed by atoms with Gasteiger partial charge in [0.25, 0.3) is 0 Å². The highest BCUT2D eigenvalue weighted by molar-refractivity contribution is 6.31.